The van der Waals surface area contributed by atoms with Crippen LogP contribution in [0.1, 0.15) is 32.3 Å². The summed E-state index contributed by atoms with van der Waals surface area (Å²) in [7, 11) is -4.02. The Kier molecular flexibility index (Phi) is 4.95. The zero-order chi connectivity index (χ0) is 15.6. The van der Waals surface area contributed by atoms with Crippen molar-refractivity contribution in [2.24, 2.45) is 5.92 Å². The molecule has 1 fully saturated rings. The topological polar surface area (TPSA) is 58.2 Å². The Bertz CT molecular complexity index is 614. The van der Waals surface area contributed by atoms with Gasteiger partial charge >= 0.3 is 0 Å². The maximum absolute atomic E-state index is 13.8. The van der Waals surface area contributed by atoms with Crippen LogP contribution in [0.15, 0.2) is 17.0 Å². The monoisotopic (exact) mass is 318 g/mol. The minimum absolute atomic E-state index is 0.158. The second kappa shape index (κ2) is 6.37. The van der Waals surface area contributed by atoms with E-state index in [1.54, 1.807) is 0 Å². The Balaban J connectivity index is 2.23. The normalized spacial score (nSPS) is 15.7. The Hall–Kier alpha value is -1.05. The van der Waals surface area contributed by atoms with Crippen LogP contribution in [-0.4, -0.2) is 21.0 Å². The van der Waals surface area contributed by atoms with Crippen LogP contribution >= 0.6 is 0 Å². The fraction of sp³-hybridized carbons (Fsp3) is 0.571. The third-order valence-electron chi connectivity index (χ3n) is 3.32. The highest BCUT2D eigenvalue weighted by molar-refractivity contribution is 7.89. The van der Waals surface area contributed by atoms with Crippen LogP contribution in [0.25, 0.3) is 0 Å². The van der Waals surface area contributed by atoms with Crippen LogP contribution in [0.3, 0.4) is 0 Å². The molecular weight excluding hydrogens is 298 g/mol. The summed E-state index contributed by atoms with van der Waals surface area (Å²) in [5.41, 5.74) is 0.398. The van der Waals surface area contributed by atoms with Gasteiger partial charge in [0.05, 0.1) is 0 Å². The van der Waals surface area contributed by atoms with Gasteiger partial charge in [0.1, 0.15) is 4.90 Å². The Labute approximate surface area is 124 Å². The van der Waals surface area contributed by atoms with Crippen LogP contribution in [0.4, 0.5) is 8.78 Å². The summed E-state index contributed by atoms with van der Waals surface area (Å²) in [5, 5.41) is 3.04. The largest absolute Gasteiger partial charge is 0.310 e. The molecule has 0 bridgehead atoms. The van der Waals surface area contributed by atoms with E-state index in [0.717, 1.165) is 18.9 Å². The molecule has 0 spiro atoms. The first-order chi connectivity index (χ1) is 9.79. The van der Waals surface area contributed by atoms with Gasteiger partial charge in [-0.05, 0) is 36.5 Å². The molecule has 1 aromatic rings. The SMILES string of the molecule is CC(C)NCc1cc(F)c(F)c(S(=O)(=O)NCC2CC2)c1. The van der Waals surface area contributed by atoms with Crippen molar-refractivity contribution in [1.29, 1.82) is 0 Å². The molecule has 118 valence electrons. The lowest BCUT2D eigenvalue weighted by Crippen LogP contribution is -2.27. The highest BCUT2D eigenvalue weighted by atomic mass is 32.2. The fourth-order valence-electron chi connectivity index (χ4n) is 1.86. The first kappa shape index (κ1) is 16.3. The summed E-state index contributed by atoms with van der Waals surface area (Å²) < 4.78 is 53.9. The molecule has 0 saturated heterocycles. The highest BCUT2D eigenvalue weighted by Crippen LogP contribution is 2.28. The molecule has 0 aliphatic heterocycles. The molecule has 0 amide bonds. The second-order valence-electron chi connectivity index (χ2n) is 5.72. The lowest BCUT2D eigenvalue weighted by Gasteiger charge is -2.12. The summed E-state index contributed by atoms with van der Waals surface area (Å²) in [6.45, 7) is 4.38. The zero-order valence-electron chi connectivity index (χ0n) is 12.1. The molecule has 2 N–H and O–H groups in total. The number of halogens is 2. The predicted octanol–water partition coefficient (Wildman–Crippen LogP) is 2.15. The molecule has 21 heavy (non-hydrogen) atoms. The molecule has 0 radical (unpaired) electrons. The molecule has 0 atom stereocenters. The second-order valence-corrected chi connectivity index (χ2v) is 7.46. The van der Waals surface area contributed by atoms with Crippen molar-refractivity contribution in [1.82, 2.24) is 10.0 Å². The molecule has 4 nitrogen and oxygen atoms in total. The molecule has 1 saturated carbocycles. The number of hydrogen-bond donors (Lipinski definition) is 2. The number of rotatable bonds is 7. The van der Waals surface area contributed by atoms with Gasteiger partial charge in [0.15, 0.2) is 11.6 Å². The van der Waals surface area contributed by atoms with E-state index in [0.29, 0.717) is 11.5 Å². The lowest BCUT2D eigenvalue weighted by molar-refractivity contribution is 0.479. The van der Waals surface area contributed by atoms with Crippen LogP contribution in [-0.2, 0) is 16.6 Å². The van der Waals surface area contributed by atoms with Crippen molar-refractivity contribution >= 4 is 10.0 Å². The van der Waals surface area contributed by atoms with Gasteiger partial charge < -0.3 is 5.32 Å². The van der Waals surface area contributed by atoms with Crippen LogP contribution in [0, 0.1) is 17.6 Å². The van der Waals surface area contributed by atoms with E-state index in [-0.39, 0.29) is 19.1 Å². The summed E-state index contributed by atoms with van der Waals surface area (Å²) >= 11 is 0. The van der Waals surface area contributed by atoms with Gasteiger partial charge in [0.25, 0.3) is 0 Å². The minimum atomic E-state index is -4.02. The van der Waals surface area contributed by atoms with Gasteiger partial charge in [-0.1, -0.05) is 13.8 Å². The molecule has 2 rings (SSSR count). The molecule has 1 aliphatic rings. The quantitative estimate of drug-likeness (QED) is 0.810. The van der Waals surface area contributed by atoms with E-state index < -0.39 is 26.6 Å². The zero-order valence-corrected chi connectivity index (χ0v) is 12.9. The van der Waals surface area contributed by atoms with E-state index in [1.165, 1.54) is 6.07 Å². The van der Waals surface area contributed by atoms with Gasteiger partial charge in [0.2, 0.25) is 10.0 Å². The first-order valence-electron chi connectivity index (χ1n) is 7.00. The van der Waals surface area contributed by atoms with Gasteiger partial charge in [0, 0.05) is 19.1 Å². The Morgan fingerprint density at radius 3 is 2.52 bits per heavy atom. The van der Waals surface area contributed by atoms with E-state index in [4.69, 9.17) is 0 Å². The highest BCUT2D eigenvalue weighted by Gasteiger charge is 2.27. The smallest absolute Gasteiger partial charge is 0.243 e. The van der Waals surface area contributed by atoms with Crippen molar-refractivity contribution in [3.8, 4) is 0 Å². The number of hydrogen-bond acceptors (Lipinski definition) is 3. The predicted molar refractivity (Wildman–Crippen MR) is 76.2 cm³/mol. The van der Waals surface area contributed by atoms with Gasteiger partial charge in [-0.25, -0.2) is 21.9 Å². The van der Waals surface area contributed by atoms with Crippen LogP contribution in [0.5, 0.6) is 0 Å². The van der Waals surface area contributed by atoms with E-state index in [1.807, 2.05) is 13.8 Å². The fourth-order valence-corrected chi connectivity index (χ4v) is 3.11. The third kappa shape index (κ3) is 4.46. The third-order valence-corrected chi connectivity index (χ3v) is 4.74. The summed E-state index contributed by atoms with van der Waals surface area (Å²) in [6, 6.07) is 2.36. The average Bonchev–Trinajstić information content (AvgIpc) is 3.21. The van der Waals surface area contributed by atoms with Crippen molar-refractivity contribution in [2.45, 2.75) is 44.2 Å². The Morgan fingerprint density at radius 1 is 1.29 bits per heavy atom. The van der Waals surface area contributed by atoms with Gasteiger partial charge in [-0.2, -0.15) is 0 Å². The maximum atomic E-state index is 13.8. The average molecular weight is 318 g/mol. The van der Waals surface area contributed by atoms with Gasteiger partial charge in [-0.3, -0.25) is 0 Å². The molecule has 1 aromatic carbocycles. The maximum Gasteiger partial charge on any atom is 0.243 e. The lowest BCUT2D eigenvalue weighted by atomic mass is 10.2. The first-order valence-corrected chi connectivity index (χ1v) is 8.49. The number of sulfonamides is 1. The number of benzene rings is 1. The van der Waals surface area contributed by atoms with E-state index in [9.17, 15) is 17.2 Å². The molecule has 1 aliphatic carbocycles. The van der Waals surface area contributed by atoms with Crippen molar-refractivity contribution in [3.05, 3.63) is 29.3 Å². The van der Waals surface area contributed by atoms with Crippen molar-refractivity contribution in [2.75, 3.05) is 6.54 Å². The van der Waals surface area contributed by atoms with Gasteiger partial charge in [-0.15, -0.1) is 0 Å². The Morgan fingerprint density at radius 2 is 1.95 bits per heavy atom. The molecule has 7 heteroatoms. The van der Waals surface area contributed by atoms with E-state index >= 15 is 0 Å². The number of nitrogens with one attached hydrogen (secondary N) is 2. The molecular formula is C14H20F2N2O2S. The summed E-state index contributed by atoms with van der Waals surface area (Å²) in [5.74, 6) is -2.16. The molecule has 0 heterocycles. The minimum Gasteiger partial charge on any atom is -0.310 e. The standard InChI is InChI=1S/C14H20F2N2O2S/c1-9(2)17-7-11-5-12(15)14(16)13(6-11)21(19,20)18-8-10-3-4-10/h5-6,9-10,17-18H,3-4,7-8H2,1-2H3. The van der Waals surface area contributed by atoms with Crippen molar-refractivity contribution in [3.63, 3.8) is 0 Å². The molecule has 0 unspecified atom stereocenters. The van der Waals surface area contributed by atoms with Crippen molar-refractivity contribution < 1.29 is 17.2 Å². The van der Waals surface area contributed by atoms with Crippen LogP contribution < -0.4 is 10.0 Å². The molecule has 0 aromatic heterocycles. The summed E-state index contributed by atoms with van der Waals surface area (Å²) in [4.78, 5) is -0.622. The van der Waals surface area contributed by atoms with Crippen LogP contribution in [0.2, 0.25) is 0 Å². The van der Waals surface area contributed by atoms with E-state index in [2.05, 4.69) is 10.0 Å². The summed E-state index contributed by atoms with van der Waals surface area (Å²) in [6.07, 6.45) is 1.94.